The summed E-state index contributed by atoms with van der Waals surface area (Å²) in [5.41, 5.74) is 1.02. The van der Waals surface area contributed by atoms with Crippen LogP contribution in [0.2, 0.25) is 0 Å². The van der Waals surface area contributed by atoms with Gasteiger partial charge < -0.3 is 9.15 Å². The second kappa shape index (κ2) is 8.48. The number of esters is 1. The van der Waals surface area contributed by atoms with Crippen LogP contribution in [0.5, 0.6) is 0 Å². The van der Waals surface area contributed by atoms with Gasteiger partial charge in [0.05, 0.1) is 10.4 Å². The molecule has 31 heavy (non-hydrogen) atoms. The van der Waals surface area contributed by atoms with Crippen molar-refractivity contribution in [2.75, 3.05) is 19.7 Å². The van der Waals surface area contributed by atoms with Crippen LogP contribution in [-0.2, 0) is 26.1 Å². The highest BCUT2D eigenvalue weighted by atomic mass is 32.2. The van der Waals surface area contributed by atoms with Crippen LogP contribution in [0, 0.1) is 0 Å². The van der Waals surface area contributed by atoms with E-state index in [9.17, 15) is 22.8 Å². The quantitative estimate of drug-likeness (QED) is 0.403. The van der Waals surface area contributed by atoms with Crippen molar-refractivity contribution in [2.24, 2.45) is 0 Å². The lowest BCUT2D eigenvalue weighted by atomic mass is 10.1. The molecule has 0 bridgehead atoms. The van der Waals surface area contributed by atoms with E-state index >= 15 is 0 Å². The van der Waals surface area contributed by atoms with Crippen LogP contribution in [0.4, 0.5) is 0 Å². The standard InChI is InChI=1S/C21H20N2O7S/c24-18(15-7-9-16(10-8-15)31(27,28)22-11-3-4-12-22)14-29-20(25)13-23-17-5-1-2-6-19(17)30-21(23)26/h1-2,5-10H,3-4,11-14H2. The monoisotopic (exact) mass is 444 g/mol. The Morgan fingerprint density at radius 1 is 1.00 bits per heavy atom. The van der Waals surface area contributed by atoms with Crippen molar-refractivity contribution in [3.05, 3.63) is 64.6 Å². The molecular formula is C21H20N2O7S. The molecule has 1 aromatic heterocycles. The Hall–Kier alpha value is -3.24. The van der Waals surface area contributed by atoms with Crippen molar-refractivity contribution < 1.29 is 27.2 Å². The summed E-state index contributed by atoms with van der Waals surface area (Å²) in [4.78, 5) is 36.5. The fourth-order valence-corrected chi connectivity index (χ4v) is 4.98. The Morgan fingerprint density at radius 3 is 2.39 bits per heavy atom. The third kappa shape index (κ3) is 4.30. The minimum atomic E-state index is -3.56. The predicted octanol–water partition coefficient (Wildman–Crippen LogP) is 1.81. The fourth-order valence-electron chi connectivity index (χ4n) is 3.46. The summed E-state index contributed by atoms with van der Waals surface area (Å²) in [5.74, 6) is -1.95. The van der Waals surface area contributed by atoms with Crippen LogP contribution < -0.4 is 5.76 Å². The van der Waals surface area contributed by atoms with Gasteiger partial charge in [0.2, 0.25) is 10.0 Å². The smallest absolute Gasteiger partial charge is 0.420 e. The predicted molar refractivity (Wildman–Crippen MR) is 110 cm³/mol. The van der Waals surface area contributed by atoms with E-state index in [-0.39, 0.29) is 10.5 Å². The van der Waals surface area contributed by atoms with E-state index in [1.54, 1.807) is 24.3 Å². The molecule has 1 fully saturated rings. The van der Waals surface area contributed by atoms with Crippen LogP contribution in [0.15, 0.2) is 62.6 Å². The number of hydrogen-bond acceptors (Lipinski definition) is 7. The molecule has 4 rings (SSSR count). The summed E-state index contributed by atoms with van der Waals surface area (Å²) in [6.45, 7) is 0.0692. The maximum absolute atomic E-state index is 12.5. The number of carbonyl (C=O) groups excluding carboxylic acids is 2. The number of ketones is 1. The third-order valence-corrected chi connectivity index (χ3v) is 7.02. The first kappa shape index (κ1) is 21.0. The van der Waals surface area contributed by atoms with E-state index in [0.29, 0.717) is 24.2 Å². The van der Waals surface area contributed by atoms with Gasteiger partial charge in [-0.25, -0.2) is 13.2 Å². The van der Waals surface area contributed by atoms with Crippen LogP contribution in [0.1, 0.15) is 23.2 Å². The van der Waals surface area contributed by atoms with E-state index in [2.05, 4.69) is 0 Å². The lowest BCUT2D eigenvalue weighted by Crippen LogP contribution is -2.27. The summed E-state index contributed by atoms with van der Waals surface area (Å²) >= 11 is 0. The maximum Gasteiger partial charge on any atom is 0.420 e. The summed E-state index contributed by atoms with van der Waals surface area (Å²) in [6, 6.07) is 12.2. The van der Waals surface area contributed by atoms with E-state index in [1.807, 2.05) is 0 Å². The number of benzene rings is 2. The van der Waals surface area contributed by atoms with Crippen molar-refractivity contribution in [2.45, 2.75) is 24.3 Å². The molecule has 0 atom stereocenters. The molecular weight excluding hydrogens is 424 g/mol. The first-order chi connectivity index (χ1) is 14.9. The number of nitrogens with zero attached hydrogens (tertiary/aromatic N) is 2. The Kier molecular flexibility index (Phi) is 5.75. The SMILES string of the molecule is O=C(Cn1c(=O)oc2ccccc21)OCC(=O)c1ccc(S(=O)(=O)N2CCCC2)cc1. The molecule has 1 saturated heterocycles. The Labute approximate surface area is 177 Å². The number of ether oxygens (including phenoxy) is 1. The normalized spacial score (nSPS) is 14.7. The average Bonchev–Trinajstić information content (AvgIpc) is 3.41. The number of aromatic nitrogens is 1. The van der Waals surface area contributed by atoms with Crippen LogP contribution in [0.25, 0.3) is 11.1 Å². The van der Waals surface area contributed by atoms with Crippen LogP contribution >= 0.6 is 0 Å². The number of rotatable bonds is 7. The first-order valence-electron chi connectivity index (χ1n) is 9.74. The van der Waals surface area contributed by atoms with Gasteiger partial charge in [-0.2, -0.15) is 4.31 Å². The van der Waals surface area contributed by atoms with Crippen molar-refractivity contribution in [1.29, 1.82) is 0 Å². The molecule has 162 valence electrons. The molecule has 0 N–H and O–H groups in total. The molecule has 0 unspecified atom stereocenters. The molecule has 1 aliphatic rings. The number of sulfonamides is 1. The van der Waals surface area contributed by atoms with E-state index in [4.69, 9.17) is 9.15 Å². The molecule has 2 heterocycles. The largest absolute Gasteiger partial charge is 0.456 e. The van der Waals surface area contributed by atoms with Gasteiger partial charge in [0.25, 0.3) is 0 Å². The number of oxazole rings is 1. The lowest BCUT2D eigenvalue weighted by molar-refractivity contribution is -0.143. The highest BCUT2D eigenvalue weighted by molar-refractivity contribution is 7.89. The molecule has 9 nitrogen and oxygen atoms in total. The van der Waals surface area contributed by atoms with Gasteiger partial charge in [-0.15, -0.1) is 0 Å². The van der Waals surface area contributed by atoms with Crippen LogP contribution in [-0.4, -0.2) is 48.7 Å². The molecule has 0 aliphatic carbocycles. The Balaban J connectivity index is 1.38. The summed E-state index contributed by atoms with van der Waals surface area (Å²) < 4.78 is 37.7. The van der Waals surface area contributed by atoms with Gasteiger partial charge in [-0.3, -0.25) is 14.2 Å². The van der Waals surface area contributed by atoms with Gasteiger partial charge in [0.1, 0.15) is 6.54 Å². The second-order valence-corrected chi connectivity index (χ2v) is 9.08. The number of Topliss-reactive ketones (excluding diaryl/α,β-unsaturated/α-hetero) is 1. The average molecular weight is 444 g/mol. The summed E-state index contributed by atoms with van der Waals surface area (Å²) in [6.07, 6.45) is 1.67. The van der Waals surface area contributed by atoms with E-state index < -0.39 is 40.7 Å². The molecule has 0 amide bonds. The van der Waals surface area contributed by atoms with Gasteiger partial charge in [0, 0.05) is 18.7 Å². The zero-order valence-corrected chi connectivity index (χ0v) is 17.3. The van der Waals surface area contributed by atoms with Crippen LogP contribution in [0.3, 0.4) is 0 Å². The second-order valence-electron chi connectivity index (χ2n) is 7.14. The molecule has 0 spiro atoms. The number of para-hydroxylation sites is 2. The van der Waals surface area contributed by atoms with Crippen molar-refractivity contribution in [3.8, 4) is 0 Å². The summed E-state index contributed by atoms with van der Waals surface area (Å²) in [7, 11) is -3.56. The zero-order valence-electron chi connectivity index (χ0n) is 16.5. The molecule has 3 aromatic rings. The number of carbonyl (C=O) groups is 2. The molecule has 2 aromatic carbocycles. The van der Waals surface area contributed by atoms with Gasteiger partial charge in [0.15, 0.2) is 18.0 Å². The Bertz CT molecular complexity index is 1280. The number of hydrogen-bond donors (Lipinski definition) is 0. The first-order valence-corrected chi connectivity index (χ1v) is 11.2. The van der Waals surface area contributed by atoms with Crippen molar-refractivity contribution >= 4 is 32.9 Å². The van der Waals surface area contributed by atoms with Crippen molar-refractivity contribution in [1.82, 2.24) is 8.87 Å². The minimum absolute atomic E-state index is 0.120. The number of fused-ring (bicyclic) bond motifs is 1. The minimum Gasteiger partial charge on any atom is -0.456 e. The van der Waals surface area contributed by atoms with E-state index in [0.717, 1.165) is 17.4 Å². The highest BCUT2D eigenvalue weighted by Gasteiger charge is 2.27. The Morgan fingerprint density at radius 2 is 1.68 bits per heavy atom. The van der Waals surface area contributed by atoms with Gasteiger partial charge in [-0.05, 0) is 49.2 Å². The highest BCUT2D eigenvalue weighted by Crippen LogP contribution is 2.21. The topological polar surface area (TPSA) is 116 Å². The molecule has 10 heteroatoms. The van der Waals surface area contributed by atoms with E-state index in [1.165, 1.54) is 28.6 Å². The lowest BCUT2D eigenvalue weighted by Gasteiger charge is -2.15. The van der Waals surface area contributed by atoms with Gasteiger partial charge >= 0.3 is 11.7 Å². The maximum atomic E-state index is 12.5. The fraction of sp³-hybridized carbons (Fsp3) is 0.286. The molecule has 0 saturated carbocycles. The summed E-state index contributed by atoms with van der Waals surface area (Å²) in [5, 5.41) is 0. The molecule has 1 aliphatic heterocycles. The zero-order chi connectivity index (χ0) is 22.0. The third-order valence-electron chi connectivity index (χ3n) is 5.10. The van der Waals surface area contributed by atoms with Gasteiger partial charge in [-0.1, -0.05) is 12.1 Å². The van der Waals surface area contributed by atoms with Crippen molar-refractivity contribution in [3.63, 3.8) is 0 Å². The molecule has 0 radical (unpaired) electrons.